The molecule has 2 heterocycles. The smallest absolute Gasteiger partial charge is 0.268 e. The molecule has 0 aliphatic carbocycles. The summed E-state index contributed by atoms with van der Waals surface area (Å²) < 4.78 is 47.5. The summed E-state index contributed by atoms with van der Waals surface area (Å²) in [6.07, 6.45) is 6.99. The molecule has 9 nitrogen and oxygen atoms in total. The number of hydrogen-bond acceptors (Lipinski definition) is 7. The molecule has 5 rings (SSSR count). The molecule has 0 unspecified atom stereocenters. The largest absolute Gasteiger partial charge is 0.493 e. The number of aryl methyl sites for hydroxylation is 1. The van der Waals surface area contributed by atoms with Crippen LogP contribution in [0.1, 0.15) is 11.1 Å². The molecule has 0 spiro atoms. The second-order valence-electron chi connectivity index (χ2n) is 9.13. The zero-order chi connectivity index (χ0) is 28.3. The second-order valence-corrected chi connectivity index (χ2v) is 10.9. The second kappa shape index (κ2) is 11.2. The van der Waals surface area contributed by atoms with Crippen molar-refractivity contribution in [1.82, 2.24) is 13.5 Å². The van der Waals surface area contributed by atoms with E-state index in [1.807, 2.05) is 48.0 Å². The Labute approximate surface area is 233 Å². The van der Waals surface area contributed by atoms with Gasteiger partial charge < -0.3 is 24.1 Å². The van der Waals surface area contributed by atoms with Gasteiger partial charge in [-0.05, 0) is 67.1 Å². The van der Waals surface area contributed by atoms with E-state index >= 15 is 0 Å². The Morgan fingerprint density at radius 2 is 1.55 bits per heavy atom. The lowest BCUT2D eigenvalue weighted by Gasteiger charge is -2.16. The molecule has 0 amide bonds. The minimum atomic E-state index is -3.91. The van der Waals surface area contributed by atoms with E-state index in [1.54, 1.807) is 55.1 Å². The molecular weight excluding hydrogens is 528 g/mol. The minimum Gasteiger partial charge on any atom is -0.493 e. The van der Waals surface area contributed by atoms with Crippen molar-refractivity contribution >= 4 is 15.7 Å². The highest BCUT2D eigenvalue weighted by Crippen LogP contribution is 2.42. The zero-order valence-corrected chi connectivity index (χ0v) is 23.5. The number of benzene rings is 3. The molecule has 0 fully saturated rings. The monoisotopic (exact) mass is 558 g/mol. The summed E-state index contributed by atoms with van der Waals surface area (Å²) in [4.78, 5) is 4.27. The van der Waals surface area contributed by atoms with Gasteiger partial charge in [-0.25, -0.2) is 17.4 Å². The molecule has 0 atom stereocenters. The van der Waals surface area contributed by atoms with Crippen LogP contribution in [0.5, 0.6) is 17.2 Å². The molecule has 5 aromatic rings. The van der Waals surface area contributed by atoms with Crippen LogP contribution in [0, 0.1) is 6.92 Å². The summed E-state index contributed by atoms with van der Waals surface area (Å²) in [5.74, 6) is 1.28. The van der Waals surface area contributed by atoms with E-state index in [9.17, 15) is 8.42 Å². The first-order chi connectivity index (χ1) is 19.3. The Bertz CT molecular complexity index is 1680. The molecule has 40 heavy (non-hydrogen) atoms. The normalized spacial score (nSPS) is 11.3. The first kappa shape index (κ1) is 26.9. The molecule has 0 radical (unpaired) electrons. The van der Waals surface area contributed by atoms with Gasteiger partial charge in [0.1, 0.15) is 0 Å². The van der Waals surface area contributed by atoms with Crippen LogP contribution in [0.15, 0.2) is 96.5 Å². The lowest BCUT2D eigenvalue weighted by Crippen LogP contribution is -2.13. The summed E-state index contributed by atoms with van der Waals surface area (Å²) in [5.41, 5.74) is 4.70. The summed E-state index contributed by atoms with van der Waals surface area (Å²) in [6.45, 7) is 2.32. The molecule has 10 heteroatoms. The summed E-state index contributed by atoms with van der Waals surface area (Å²) in [5, 5.41) is 3.39. The number of rotatable bonds is 10. The lowest BCUT2D eigenvalue weighted by atomic mass is 10.1. The molecule has 206 valence electrons. The van der Waals surface area contributed by atoms with E-state index < -0.39 is 10.0 Å². The van der Waals surface area contributed by atoms with Crippen LogP contribution in [0.25, 0.3) is 16.9 Å². The van der Waals surface area contributed by atoms with Gasteiger partial charge in [-0.1, -0.05) is 17.7 Å². The van der Waals surface area contributed by atoms with Gasteiger partial charge in [-0.2, -0.15) is 0 Å². The van der Waals surface area contributed by atoms with Crippen molar-refractivity contribution in [2.75, 3.05) is 26.6 Å². The van der Waals surface area contributed by atoms with Gasteiger partial charge in [0.15, 0.2) is 11.5 Å². The topological polar surface area (TPSA) is 96.6 Å². The third kappa shape index (κ3) is 5.26. The third-order valence-corrected chi connectivity index (χ3v) is 8.24. The molecule has 0 saturated heterocycles. The molecule has 0 saturated carbocycles. The maximum atomic E-state index is 13.9. The number of methoxy groups -OCH3 is 3. The Hall–Kier alpha value is -4.70. The fraction of sp³-hybridized carbons (Fsp3) is 0.167. The van der Waals surface area contributed by atoms with Gasteiger partial charge >= 0.3 is 0 Å². The van der Waals surface area contributed by atoms with Crippen molar-refractivity contribution in [1.29, 1.82) is 0 Å². The van der Waals surface area contributed by atoms with Crippen LogP contribution in [0.2, 0.25) is 0 Å². The van der Waals surface area contributed by atoms with Gasteiger partial charge in [0.05, 0.1) is 38.2 Å². The van der Waals surface area contributed by atoms with Crippen molar-refractivity contribution in [3.05, 3.63) is 103 Å². The Morgan fingerprint density at radius 3 is 2.12 bits per heavy atom. The van der Waals surface area contributed by atoms with Crippen molar-refractivity contribution in [2.45, 2.75) is 18.4 Å². The SMILES string of the molecule is COc1cc(-c2cc(CNc3ccc(-n4ccnc4)cc3)cn2S(=O)(=O)c2ccc(C)cc2)cc(OC)c1OC. The summed E-state index contributed by atoms with van der Waals surface area (Å²) in [6, 6.07) is 20.0. The predicted octanol–water partition coefficient (Wildman–Crippen LogP) is 5.52. The van der Waals surface area contributed by atoms with Crippen molar-refractivity contribution in [2.24, 2.45) is 0 Å². The number of nitrogens with one attached hydrogen (secondary N) is 1. The quantitative estimate of drug-likeness (QED) is 0.241. The highest BCUT2D eigenvalue weighted by atomic mass is 32.2. The first-order valence-electron chi connectivity index (χ1n) is 12.5. The molecule has 3 aromatic carbocycles. The minimum absolute atomic E-state index is 0.192. The Kier molecular flexibility index (Phi) is 7.52. The number of nitrogens with zero attached hydrogens (tertiary/aromatic N) is 3. The van der Waals surface area contributed by atoms with Crippen LogP contribution >= 0.6 is 0 Å². The van der Waals surface area contributed by atoms with Gasteiger partial charge in [-0.3, -0.25) is 0 Å². The van der Waals surface area contributed by atoms with Crippen LogP contribution < -0.4 is 19.5 Å². The highest BCUT2D eigenvalue weighted by molar-refractivity contribution is 7.90. The Morgan fingerprint density at radius 1 is 0.875 bits per heavy atom. The molecule has 0 bridgehead atoms. The highest BCUT2D eigenvalue weighted by Gasteiger charge is 2.24. The average Bonchev–Trinajstić information content (AvgIpc) is 3.67. The van der Waals surface area contributed by atoms with E-state index in [2.05, 4.69) is 10.3 Å². The first-order valence-corrected chi connectivity index (χ1v) is 13.9. The van der Waals surface area contributed by atoms with Crippen molar-refractivity contribution in [3.63, 3.8) is 0 Å². The third-order valence-electron chi connectivity index (χ3n) is 6.55. The van der Waals surface area contributed by atoms with Crippen molar-refractivity contribution < 1.29 is 22.6 Å². The van der Waals surface area contributed by atoms with E-state index in [4.69, 9.17) is 14.2 Å². The molecule has 0 aliphatic rings. The predicted molar refractivity (Wildman–Crippen MR) is 154 cm³/mol. The molecule has 2 aromatic heterocycles. The number of imidazole rings is 1. The van der Waals surface area contributed by atoms with Crippen LogP contribution in [-0.4, -0.2) is 43.3 Å². The van der Waals surface area contributed by atoms with Crippen molar-refractivity contribution in [3.8, 4) is 34.2 Å². The lowest BCUT2D eigenvalue weighted by molar-refractivity contribution is 0.324. The van der Waals surface area contributed by atoms with E-state index in [0.29, 0.717) is 35.1 Å². The molecule has 1 N–H and O–H groups in total. The number of ether oxygens (including phenoxy) is 3. The van der Waals surface area contributed by atoms with Crippen LogP contribution in [0.3, 0.4) is 0 Å². The molecular formula is C30H30N4O5S. The summed E-state index contributed by atoms with van der Waals surface area (Å²) in [7, 11) is 0.658. The maximum absolute atomic E-state index is 13.9. The Balaban J connectivity index is 1.53. The van der Waals surface area contributed by atoms with E-state index in [1.165, 1.54) is 25.3 Å². The standard InChI is InChI=1S/C30H30N4O5S/c1-21-5-11-26(12-6-21)40(35,36)34-19-22(18-32-24-7-9-25(10-8-24)33-14-13-31-20-33)15-27(34)23-16-28(37-2)30(39-4)29(17-23)38-3/h5-17,19-20,32H,18H2,1-4H3. The zero-order valence-electron chi connectivity index (χ0n) is 22.7. The van der Waals surface area contributed by atoms with Gasteiger partial charge in [0.25, 0.3) is 10.0 Å². The average molecular weight is 559 g/mol. The van der Waals surface area contributed by atoms with Crippen LogP contribution in [0.4, 0.5) is 5.69 Å². The van der Waals surface area contributed by atoms with Gasteiger partial charge in [0.2, 0.25) is 5.75 Å². The van der Waals surface area contributed by atoms with Gasteiger partial charge in [-0.15, -0.1) is 0 Å². The number of aromatic nitrogens is 3. The van der Waals surface area contributed by atoms with Crippen LogP contribution in [-0.2, 0) is 16.6 Å². The fourth-order valence-corrected chi connectivity index (χ4v) is 5.82. The maximum Gasteiger partial charge on any atom is 0.268 e. The van der Waals surface area contributed by atoms with Gasteiger partial charge in [0, 0.05) is 42.1 Å². The molecule has 0 aliphatic heterocycles. The number of anilines is 1. The van der Waals surface area contributed by atoms with E-state index in [0.717, 1.165) is 22.5 Å². The summed E-state index contributed by atoms with van der Waals surface area (Å²) >= 11 is 0. The fourth-order valence-electron chi connectivity index (χ4n) is 4.42. The van der Waals surface area contributed by atoms with E-state index in [-0.39, 0.29) is 4.90 Å². The number of hydrogen-bond donors (Lipinski definition) is 1.